The number of carbonyl (C=O) groups is 7. The van der Waals surface area contributed by atoms with Crippen molar-refractivity contribution >= 4 is 52.6 Å². The molecule has 0 unspecified atom stereocenters. The topological polar surface area (TPSA) is 229 Å². The first-order chi connectivity index (χ1) is 35.9. The van der Waals surface area contributed by atoms with Crippen molar-refractivity contribution in [2.24, 2.45) is 0 Å². The number of fused-ring (bicyclic) bond motifs is 4. The molecule has 0 saturated heterocycles. The summed E-state index contributed by atoms with van der Waals surface area (Å²) >= 11 is 0. The third kappa shape index (κ3) is 17.7. The highest BCUT2D eigenvalue weighted by atomic mass is 16.6. The number of esters is 3. The summed E-state index contributed by atoms with van der Waals surface area (Å²) in [6, 6.07) is 28.7. The van der Waals surface area contributed by atoms with E-state index in [1.54, 1.807) is 68.4 Å². The average molecular weight is 1040 g/mol. The van der Waals surface area contributed by atoms with Crippen LogP contribution in [0, 0.1) is 0 Å². The number of unbranched alkanes of at least 4 members (excludes halogenated alkanes) is 1. The Bertz CT molecular complexity index is 2820. The Morgan fingerprint density at radius 2 is 1.14 bits per heavy atom. The third-order valence-electron chi connectivity index (χ3n) is 12.0. The van der Waals surface area contributed by atoms with Gasteiger partial charge in [0.2, 0.25) is 5.91 Å². The van der Waals surface area contributed by atoms with Crippen LogP contribution in [-0.4, -0.2) is 94.9 Å². The van der Waals surface area contributed by atoms with Gasteiger partial charge in [0, 0.05) is 38.0 Å². The number of nitrogens with zero attached hydrogens (tertiary/aromatic N) is 1. The van der Waals surface area contributed by atoms with Crippen LogP contribution in [0.5, 0.6) is 0 Å². The van der Waals surface area contributed by atoms with Crippen molar-refractivity contribution in [2.45, 2.75) is 148 Å². The van der Waals surface area contributed by atoms with Crippen molar-refractivity contribution in [3.8, 4) is 11.1 Å². The Kier molecular flexibility index (Phi) is 19.4. The maximum atomic E-state index is 14.0. The third-order valence-corrected chi connectivity index (χ3v) is 12.0. The van der Waals surface area contributed by atoms with E-state index in [9.17, 15) is 33.6 Å². The molecule has 76 heavy (non-hydrogen) atoms. The van der Waals surface area contributed by atoms with Gasteiger partial charge in [-0.1, -0.05) is 97.1 Å². The van der Waals surface area contributed by atoms with Crippen molar-refractivity contribution in [2.75, 3.05) is 13.2 Å². The minimum atomic E-state index is -1.24. The number of rotatable bonds is 21. The van der Waals surface area contributed by atoms with Crippen LogP contribution in [0.4, 0.5) is 9.59 Å². The maximum Gasteiger partial charge on any atom is 0.407 e. The Labute approximate surface area is 445 Å². The predicted octanol–water partition coefficient (Wildman–Crippen LogP) is 8.74. The number of alkyl carbamates (subject to hydrolysis) is 1. The van der Waals surface area contributed by atoms with E-state index in [0.717, 1.165) is 38.6 Å². The monoisotopic (exact) mass is 1040 g/mol. The highest BCUT2D eigenvalue weighted by molar-refractivity contribution is 5.96. The largest absolute Gasteiger partial charge is 0.460 e. The minimum Gasteiger partial charge on any atom is -0.460 e. The zero-order chi connectivity index (χ0) is 55.2. The molecule has 1 aliphatic rings. The molecule has 1 heterocycles. The van der Waals surface area contributed by atoms with Crippen molar-refractivity contribution in [3.63, 3.8) is 0 Å². The lowest BCUT2D eigenvalue weighted by molar-refractivity contribution is -0.159. The number of aromatic nitrogens is 1. The molecule has 4 aromatic carbocycles. The van der Waals surface area contributed by atoms with Crippen molar-refractivity contribution in [1.29, 1.82) is 0 Å². The molecule has 6 rings (SSSR count). The van der Waals surface area contributed by atoms with E-state index in [2.05, 4.69) is 55.8 Å². The smallest absolute Gasteiger partial charge is 0.407 e. The van der Waals surface area contributed by atoms with Gasteiger partial charge in [0.05, 0.1) is 0 Å². The molecule has 3 atom stereocenters. The van der Waals surface area contributed by atoms with Crippen LogP contribution < -0.4 is 26.6 Å². The summed E-state index contributed by atoms with van der Waals surface area (Å²) in [7, 11) is 0. The summed E-state index contributed by atoms with van der Waals surface area (Å²) in [4.78, 5) is 97.5. The quantitative estimate of drug-likeness (QED) is 0.0264. The number of carbonyl (C=O) groups excluding carboxylic acids is 7. The van der Waals surface area contributed by atoms with Crippen molar-refractivity contribution in [1.82, 2.24) is 31.6 Å². The van der Waals surface area contributed by atoms with Gasteiger partial charge in [-0.2, -0.15) is 0 Å². The Hall–Kier alpha value is -7.82. The first-order valence-corrected chi connectivity index (χ1v) is 25.8. The van der Waals surface area contributed by atoms with E-state index in [-0.39, 0.29) is 57.0 Å². The fourth-order valence-electron chi connectivity index (χ4n) is 8.59. The molecule has 0 aliphatic heterocycles. The van der Waals surface area contributed by atoms with E-state index >= 15 is 0 Å². The lowest BCUT2D eigenvalue weighted by atomic mass is 9.98. The number of benzene rings is 4. The van der Waals surface area contributed by atoms with Gasteiger partial charge in [-0.3, -0.25) is 19.4 Å². The standard InChI is InChI=1S/C59H72N6O11/c1-57(2,3)74-50(66)30-29-48(54(70)76-59(7,8)9)65-55(71)64-47(53(69)75-58(4,5)6)24-16-17-31-60-51(67)49(33-37-25-27-39-18-10-11-19-40(39)32-37)63-52(68)46-28-26-38(34-61-46)35-62-56(72)73-36-45-43-22-14-12-20-41(43)42-21-13-15-23-44(42)45/h10-15,18-23,25-28,32,34,45,47-49H,16-17,24,29-31,33,35-36H2,1-9H3,(H,60,67)(H,62,72)(H,63,68)(H2,64,65,71)/t47-,48+,49-/m0/s1. The summed E-state index contributed by atoms with van der Waals surface area (Å²) in [5, 5.41) is 15.7. The van der Waals surface area contributed by atoms with Gasteiger partial charge >= 0.3 is 30.0 Å². The Balaban J connectivity index is 1.04. The highest BCUT2D eigenvalue weighted by Crippen LogP contribution is 2.44. The molecule has 0 saturated carbocycles. The van der Waals surface area contributed by atoms with Crippen molar-refractivity contribution < 1.29 is 52.5 Å². The number of hydrogen-bond donors (Lipinski definition) is 5. The number of urea groups is 1. The van der Waals surface area contributed by atoms with Crippen molar-refractivity contribution in [3.05, 3.63) is 137 Å². The normalized spacial score (nSPS) is 13.4. The van der Waals surface area contributed by atoms with Gasteiger partial charge in [-0.25, -0.2) is 19.2 Å². The van der Waals surface area contributed by atoms with Gasteiger partial charge in [-0.15, -0.1) is 0 Å². The van der Waals surface area contributed by atoms with Crippen LogP contribution in [0.1, 0.15) is 133 Å². The summed E-state index contributed by atoms with van der Waals surface area (Å²) in [5.74, 6) is -3.16. The molecule has 0 radical (unpaired) electrons. The lowest BCUT2D eigenvalue weighted by Crippen LogP contribution is -2.53. The van der Waals surface area contributed by atoms with E-state index in [1.807, 2.05) is 66.7 Å². The molecule has 5 N–H and O–H groups in total. The number of ether oxygens (including phenoxy) is 4. The Morgan fingerprint density at radius 3 is 1.74 bits per heavy atom. The molecule has 404 valence electrons. The second-order valence-corrected chi connectivity index (χ2v) is 21.8. The molecule has 5 amide bonds. The van der Waals surface area contributed by atoms with Gasteiger partial charge in [0.15, 0.2) is 0 Å². The van der Waals surface area contributed by atoms with Crippen LogP contribution in [0.25, 0.3) is 21.9 Å². The maximum absolute atomic E-state index is 14.0. The van der Waals surface area contributed by atoms with Crippen LogP contribution >= 0.6 is 0 Å². The van der Waals surface area contributed by atoms with Gasteiger partial charge in [0.25, 0.3) is 5.91 Å². The lowest BCUT2D eigenvalue weighted by Gasteiger charge is -2.27. The molecule has 0 spiro atoms. The predicted molar refractivity (Wildman–Crippen MR) is 288 cm³/mol. The number of nitrogens with one attached hydrogen (secondary N) is 5. The summed E-state index contributed by atoms with van der Waals surface area (Å²) < 4.78 is 22.2. The first kappa shape index (κ1) is 57.5. The number of pyridine rings is 1. The summed E-state index contributed by atoms with van der Waals surface area (Å²) in [6.07, 6.45) is 1.55. The Morgan fingerprint density at radius 1 is 0.579 bits per heavy atom. The average Bonchev–Trinajstić information content (AvgIpc) is 3.67. The van der Waals surface area contributed by atoms with E-state index in [4.69, 9.17) is 18.9 Å². The van der Waals surface area contributed by atoms with Gasteiger partial charge < -0.3 is 45.5 Å². The molecular formula is C59H72N6O11. The van der Waals surface area contributed by atoms with E-state index in [0.29, 0.717) is 18.4 Å². The fourth-order valence-corrected chi connectivity index (χ4v) is 8.59. The van der Waals surface area contributed by atoms with E-state index in [1.165, 1.54) is 12.3 Å². The number of hydrogen-bond acceptors (Lipinski definition) is 12. The molecular weight excluding hydrogens is 969 g/mol. The first-order valence-electron chi connectivity index (χ1n) is 25.8. The van der Waals surface area contributed by atoms with Crippen LogP contribution in [0.2, 0.25) is 0 Å². The van der Waals surface area contributed by atoms with Crippen LogP contribution in [0.3, 0.4) is 0 Å². The molecule has 0 fully saturated rings. The highest BCUT2D eigenvalue weighted by Gasteiger charge is 2.33. The summed E-state index contributed by atoms with van der Waals surface area (Å²) in [6.45, 7) is 15.7. The molecule has 1 aromatic heterocycles. The number of amides is 5. The van der Waals surface area contributed by atoms with Gasteiger partial charge in [-0.05, 0) is 138 Å². The van der Waals surface area contributed by atoms with Crippen LogP contribution in [-0.2, 0) is 51.1 Å². The summed E-state index contributed by atoms with van der Waals surface area (Å²) in [5.41, 5.74) is 3.44. The van der Waals surface area contributed by atoms with Gasteiger partial charge in [0.1, 0.15) is 47.2 Å². The minimum absolute atomic E-state index is 0.0615. The molecule has 1 aliphatic carbocycles. The second kappa shape index (κ2) is 25.6. The molecule has 17 heteroatoms. The molecule has 0 bridgehead atoms. The van der Waals surface area contributed by atoms with Crippen LogP contribution in [0.15, 0.2) is 109 Å². The van der Waals surface area contributed by atoms with E-state index < -0.39 is 76.8 Å². The zero-order valence-electron chi connectivity index (χ0n) is 45.0. The fraction of sp³-hybridized carbons (Fsp3) is 0.424. The second-order valence-electron chi connectivity index (χ2n) is 21.8. The molecule has 5 aromatic rings. The zero-order valence-corrected chi connectivity index (χ0v) is 45.0. The SMILES string of the molecule is CC(C)(C)OC(=O)CC[C@@H](NC(=O)N[C@@H](CCCCNC(=O)[C@H](Cc1ccc2ccccc2c1)NC(=O)c1ccc(CNC(=O)OCC2c3ccccc3-c3ccccc32)cn1)C(=O)OC(C)(C)C)C(=O)OC(C)(C)C. The molecule has 17 nitrogen and oxygen atoms in total.